The summed E-state index contributed by atoms with van der Waals surface area (Å²) in [6.07, 6.45) is 6.71. The zero-order valence-corrected chi connectivity index (χ0v) is 9.18. The smallest absolute Gasteiger partial charge is 0.116 e. The summed E-state index contributed by atoms with van der Waals surface area (Å²) >= 11 is 0. The molecule has 0 heterocycles. The van der Waals surface area contributed by atoms with Gasteiger partial charge in [-0.05, 0) is 19.4 Å². The molecule has 0 N–H and O–H groups in total. The van der Waals surface area contributed by atoms with Gasteiger partial charge in [0.25, 0.3) is 0 Å². The Labute approximate surface area is 85.7 Å². The number of nitrogens with zero attached hydrogens (tertiary/aromatic N) is 1. The fourth-order valence-electron chi connectivity index (χ4n) is 1.06. The summed E-state index contributed by atoms with van der Waals surface area (Å²) in [5.41, 5.74) is 2.33. The van der Waals surface area contributed by atoms with E-state index in [0.717, 1.165) is 18.6 Å². The SMILES string of the molecule is C=C(F)/C=C\C=C(/C)CC(CC)=NC. The van der Waals surface area contributed by atoms with Crippen LogP contribution in [0.15, 0.2) is 41.2 Å². The Kier molecular flexibility index (Phi) is 6.63. The van der Waals surface area contributed by atoms with Crippen LogP contribution in [0.1, 0.15) is 26.7 Å². The predicted molar refractivity (Wildman–Crippen MR) is 61.4 cm³/mol. The molecule has 0 amide bonds. The minimum Gasteiger partial charge on any atom is -0.297 e. The molecule has 0 spiro atoms. The Hall–Kier alpha value is -1.18. The van der Waals surface area contributed by atoms with Crippen LogP contribution in [-0.4, -0.2) is 12.8 Å². The van der Waals surface area contributed by atoms with Crippen molar-refractivity contribution >= 4 is 5.71 Å². The van der Waals surface area contributed by atoms with Gasteiger partial charge < -0.3 is 0 Å². The van der Waals surface area contributed by atoms with E-state index in [4.69, 9.17) is 0 Å². The van der Waals surface area contributed by atoms with Crippen molar-refractivity contribution in [3.8, 4) is 0 Å². The fraction of sp³-hybridized carbons (Fsp3) is 0.417. The van der Waals surface area contributed by atoms with Gasteiger partial charge in [0, 0.05) is 19.2 Å². The lowest BCUT2D eigenvalue weighted by Gasteiger charge is -2.01. The minimum absolute atomic E-state index is 0.422. The van der Waals surface area contributed by atoms with E-state index in [0.29, 0.717) is 0 Å². The highest BCUT2D eigenvalue weighted by Crippen LogP contribution is 2.05. The number of allylic oxidation sites excluding steroid dienone is 5. The van der Waals surface area contributed by atoms with Crippen molar-refractivity contribution in [2.24, 2.45) is 4.99 Å². The van der Waals surface area contributed by atoms with Gasteiger partial charge in [0.2, 0.25) is 0 Å². The summed E-state index contributed by atoms with van der Waals surface area (Å²) in [7, 11) is 1.80. The minimum atomic E-state index is -0.422. The van der Waals surface area contributed by atoms with Gasteiger partial charge in [-0.1, -0.05) is 31.2 Å². The Morgan fingerprint density at radius 3 is 2.57 bits per heavy atom. The summed E-state index contributed by atoms with van der Waals surface area (Å²) in [6.45, 7) is 7.22. The second kappa shape index (κ2) is 7.25. The largest absolute Gasteiger partial charge is 0.297 e. The van der Waals surface area contributed by atoms with Crippen LogP contribution >= 0.6 is 0 Å². The molecule has 0 aromatic heterocycles. The van der Waals surface area contributed by atoms with Crippen molar-refractivity contribution in [2.45, 2.75) is 26.7 Å². The molecule has 14 heavy (non-hydrogen) atoms. The van der Waals surface area contributed by atoms with Gasteiger partial charge in [-0.15, -0.1) is 0 Å². The van der Waals surface area contributed by atoms with Crippen LogP contribution in [0.4, 0.5) is 4.39 Å². The molecule has 78 valence electrons. The lowest BCUT2D eigenvalue weighted by molar-refractivity contribution is 0.671. The molecule has 0 atom stereocenters. The Bertz CT molecular complexity index is 272. The van der Waals surface area contributed by atoms with Crippen molar-refractivity contribution in [1.82, 2.24) is 0 Å². The van der Waals surface area contributed by atoms with E-state index in [1.807, 2.05) is 13.0 Å². The maximum atomic E-state index is 12.2. The van der Waals surface area contributed by atoms with E-state index in [2.05, 4.69) is 18.5 Å². The highest BCUT2D eigenvalue weighted by molar-refractivity contribution is 5.86. The molecule has 0 aromatic carbocycles. The van der Waals surface area contributed by atoms with Crippen molar-refractivity contribution < 1.29 is 4.39 Å². The van der Waals surface area contributed by atoms with Crippen molar-refractivity contribution in [1.29, 1.82) is 0 Å². The quantitative estimate of drug-likeness (QED) is 0.467. The first-order chi connectivity index (χ1) is 6.60. The lowest BCUT2D eigenvalue weighted by Crippen LogP contribution is -1.96. The monoisotopic (exact) mass is 195 g/mol. The number of halogens is 1. The van der Waals surface area contributed by atoms with Crippen LogP contribution in [0.5, 0.6) is 0 Å². The molecule has 0 unspecified atom stereocenters. The molecule has 2 heteroatoms. The first-order valence-corrected chi connectivity index (χ1v) is 4.73. The van der Waals surface area contributed by atoms with Gasteiger partial charge in [-0.3, -0.25) is 4.99 Å². The molecular weight excluding hydrogens is 177 g/mol. The third kappa shape index (κ3) is 6.35. The maximum Gasteiger partial charge on any atom is 0.116 e. The van der Waals surface area contributed by atoms with Gasteiger partial charge in [0.05, 0.1) is 0 Å². The molecule has 0 aliphatic heterocycles. The molecular formula is C12H18FN. The standard InChI is InChI=1S/C12H18FN/c1-5-12(14-4)9-10(2)7-6-8-11(3)13/h6-8H,3,5,9H2,1-2,4H3/b8-6-,10-7+,14-12?. The van der Waals surface area contributed by atoms with Crippen molar-refractivity contribution in [3.63, 3.8) is 0 Å². The van der Waals surface area contributed by atoms with Crippen LogP contribution in [0.3, 0.4) is 0 Å². The Balaban J connectivity index is 4.20. The molecule has 0 saturated heterocycles. The van der Waals surface area contributed by atoms with E-state index in [1.165, 1.54) is 11.6 Å². The number of rotatable bonds is 5. The predicted octanol–water partition coefficient (Wildman–Crippen LogP) is 3.84. The van der Waals surface area contributed by atoms with Crippen molar-refractivity contribution in [2.75, 3.05) is 7.05 Å². The average molecular weight is 195 g/mol. The highest BCUT2D eigenvalue weighted by Gasteiger charge is 1.95. The molecule has 0 aliphatic carbocycles. The van der Waals surface area contributed by atoms with Crippen LogP contribution < -0.4 is 0 Å². The highest BCUT2D eigenvalue weighted by atomic mass is 19.1. The number of hydrogen-bond donors (Lipinski definition) is 0. The van der Waals surface area contributed by atoms with Crippen LogP contribution in [0, 0.1) is 0 Å². The van der Waals surface area contributed by atoms with Gasteiger partial charge >= 0.3 is 0 Å². The van der Waals surface area contributed by atoms with Crippen molar-refractivity contribution in [3.05, 3.63) is 36.2 Å². The Morgan fingerprint density at radius 1 is 1.50 bits per heavy atom. The summed E-state index contributed by atoms with van der Waals surface area (Å²) in [4.78, 5) is 4.15. The number of hydrogen-bond acceptors (Lipinski definition) is 1. The van der Waals surface area contributed by atoms with Crippen LogP contribution in [0.2, 0.25) is 0 Å². The molecule has 0 fully saturated rings. The third-order valence-electron chi connectivity index (χ3n) is 1.87. The van der Waals surface area contributed by atoms with E-state index in [9.17, 15) is 4.39 Å². The molecule has 0 aliphatic rings. The van der Waals surface area contributed by atoms with E-state index in [-0.39, 0.29) is 0 Å². The summed E-state index contributed by atoms with van der Waals surface area (Å²) in [5.74, 6) is -0.422. The molecule has 0 saturated carbocycles. The van der Waals surface area contributed by atoms with Gasteiger partial charge in [-0.25, -0.2) is 4.39 Å². The molecule has 0 aromatic rings. The summed E-state index contributed by atoms with van der Waals surface area (Å²) < 4.78 is 12.2. The third-order valence-corrected chi connectivity index (χ3v) is 1.87. The normalized spacial score (nSPS) is 13.7. The molecule has 0 radical (unpaired) electrons. The zero-order chi connectivity index (χ0) is 11.0. The topological polar surface area (TPSA) is 12.4 Å². The summed E-state index contributed by atoms with van der Waals surface area (Å²) in [6, 6.07) is 0. The second-order valence-corrected chi connectivity index (χ2v) is 3.14. The Morgan fingerprint density at radius 2 is 2.14 bits per heavy atom. The maximum absolute atomic E-state index is 12.2. The molecule has 1 nitrogen and oxygen atoms in total. The van der Waals surface area contributed by atoms with Gasteiger partial charge in [0.15, 0.2) is 0 Å². The van der Waals surface area contributed by atoms with E-state index >= 15 is 0 Å². The zero-order valence-electron chi connectivity index (χ0n) is 9.18. The average Bonchev–Trinajstić information content (AvgIpc) is 2.13. The first kappa shape index (κ1) is 12.8. The molecule has 0 rings (SSSR count). The van der Waals surface area contributed by atoms with E-state index in [1.54, 1.807) is 13.1 Å². The molecule has 0 bridgehead atoms. The lowest BCUT2D eigenvalue weighted by atomic mass is 10.1. The number of aliphatic imine (C=N–C) groups is 1. The second-order valence-electron chi connectivity index (χ2n) is 3.14. The van der Waals surface area contributed by atoms with Crippen LogP contribution in [0.25, 0.3) is 0 Å². The van der Waals surface area contributed by atoms with E-state index < -0.39 is 5.83 Å². The first-order valence-electron chi connectivity index (χ1n) is 4.73. The summed E-state index contributed by atoms with van der Waals surface area (Å²) in [5, 5.41) is 0. The van der Waals surface area contributed by atoms with Crippen LogP contribution in [-0.2, 0) is 0 Å². The fourth-order valence-corrected chi connectivity index (χ4v) is 1.06. The van der Waals surface area contributed by atoms with Gasteiger partial charge in [0.1, 0.15) is 5.83 Å². The van der Waals surface area contributed by atoms with Gasteiger partial charge in [-0.2, -0.15) is 0 Å².